The highest BCUT2D eigenvalue weighted by atomic mass is 16.4. The van der Waals surface area contributed by atoms with E-state index in [1.807, 2.05) is 20.8 Å². The van der Waals surface area contributed by atoms with Gasteiger partial charge in [-0.25, -0.2) is 4.79 Å². The van der Waals surface area contributed by atoms with E-state index in [0.29, 0.717) is 0 Å². The number of urea groups is 1. The summed E-state index contributed by atoms with van der Waals surface area (Å²) in [6.07, 6.45) is 1.45. The first kappa shape index (κ1) is 17.4. The zero-order valence-electron chi connectivity index (χ0n) is 12.3. The Bertz CT molecular complexity index is 362. The van der Waals surface area contributed by atoms with Crippen LogP contribution in [0.15, 0.2) is 0 Å². The van der Waals surface area contributed by atoms with Crippen molar-refractivity contribution in [2.45, 2.75) is 59.4 Å². The summed E-state index contributed by atoms with van der Waals surface area (Å²) in [6, 6.07) is -0.593. The third-order valence-electron chi connectivity index (χ3n) is 2.76. The Kier molecular flexibility index (Phi) is 5.99. The van der Waals surface area contributed by atoms with Crippen molar-refractivity contribution in [2.75, 3.05) is 0 Å². The first-order valence-corrected chi connectivity index (χ1v) is 6.35. The van der Waals surface area contributed by atoms with Crippen LogP contribution in [-0.2, 0) is 9.59 Å². The molecule has 0 atom stereocenters. The first-order chi connectivity index (χ1) is 8.50. The number of carboxylic acid groups (broad SMARTS) is 1. The molecule has 6 heteroatoms. The molecule has 6 nitrogen and oxygen atoms in total. The lowest BCUT2D eigenvalue weighted by Crippen LogP contribution is -2.50. The van der Waals surface area contributed by atoms with E-state index in [1.165, 1.54) is 13.8 Å². The Hall–Kier alpha value is -1.59. The van der Waals surface area contributed by atoms with Gasteiger partial charge in [0.1, 0.15) is 0 Å². The third kappa shape index (κ3) is 6.79. The van der Waals surface area contributed by atoms with Gasteiger partial charge in [0.2, 0.25) is 5.91 Å². The molecule has 0 unspecified atom stereocenters. The van der Waals surface area contributed by atoms with Crippen LogP contribution in [0, 0.1) is 5.41 Å². The monoisotopic (exact) mass is 272 g/mol. The van der Waals surface area contributed by atoms with E-state index in [9.17, 15) is 14.4 Å². The summed E-state index contributed by atoms with van der Waals surface area (Å²) >= 11 is 0. The molecule has 0 aliphatic carbocycles. The second kappa shape index (κ2) is 6.54. The van der Waals surface area contributed by atoms with Crippen LogP contribution in [-0.4, -0.2) is 28.6 Å². The van der Waals surface area contributed by atoms with Crippen LogP contribution in [0.5, 0.6) is 0 Å². The highest BCUT2D eigenvalue weighted by molar-refractivity contribution is 5.96. The van der Waals surface area contributed by atoms with Crippen molar-refractivity contribution in [3.05, 3.63) is 0 Å². The highest BCUT2D eigenvalue weighted by Crippen LogP contribution is 2.20. The molecule has 0 aliphatic heterocycles. The Labute approximate surface area is 113 Å². The largest absolute Gasteiger partial charge is 0.481 e. The smallest absolute Gasteiger partial charge is 0.321 e. The molecule has 110 valence electrons. The molecular weight excluding hydrogens is 248 g/mol. The van der Waals surface area contributed by atoms with E-state index in [1.54, 1.807) is 0 Å². The zero-order chi connectivity index (χ0) is 15.3. The number of hydrogen-bond acceptors (Lipinski definition) is 3. The fraction of sp³-hybridized carbons (Fsp3) is 0.769. The molecule has 0 rings (SSSR count). The van der Waals surface area contributed by atoms with Gasteiger partial charge in [-0.3, -0.25) is 14.9 Å². The molecular formula is C13H24N2O4. The van der Waals surface area contributed by atoms with E-state index in [2.05, 4.69) is 10.6 Å². The number of carbonyl (C=O) groups is 3. The second-order valence-corrected chi connectivity index (χ2v) is 6.00. The summed E-state index contributed by atoms with van der Waals surface area (Å²) in [4.78, 5) is 34.1. The average Bonchev–Trinajstić information content (AvgIpc) is 2.13. The average molecular weight is 272 g/mol. The third-order valence-corrected chi connectivity index (χ3v) is 2.76. The van der Waals surface area contributed by atoms with E-state index < -0.39 is 28.9 Å². The minimum atomic E-state index is -1.19. The maximum absolute atomic E-state index is 11.6. The van der Waals surface area contributed by atoms with Crippen molar-refractivity contribution in [3.8, 4) is 0 Å². The van der Waals surface area contributed by atoms with Gasteiger partial charge in [-0.15, -0.1) is 0 Å². The molecule has 0 bridgehead atoms. The SMILES string of the molecule is CCCC(C)(C)NC(=O)NC(=O)CC(C)(C)C(=O)O. The molecule has 0 aliphatic rings. The van der Waals surface area contributed by atoms with E-state index in [0.717, 1.165) is 12.8 Å². The van der Waals surface area contributed by atoms with Gasteiger partial charge in [-0.1, -0.05) is 13.3 Å². The van der Waals surface area contributed by atoms with Crippen molar-refractivity contribution in [3.63, 3.8) is 0 Å². The Morgan fingerprint density at radius 1 is 1.11 bits per heavy atom. The molecule has 0 heterocycles. The Balaban J connectivity index is 4.36. The van der Waals surface area contributed by atoms with Gasteiger partial charge in [0.15, 0.2) is 0 Å². The quantitative estimate of drug-likeness (QED) is 0.688. The molecule has 0 saturated heterocycles. The lowest BCUT2D eigenvalue weighted by molar-refractivity contribution is -0.149. The lowest BCUT2D eigenvalue weighted by Gasteiger charge is -2.26. The van der Waals surface area contributed by atoms with Gasteiger partial charge < -0.3 is 10.4 Å². The van der Waals surface area contributed by atoms with Crippen LogP contribution in [0.4, 0.5) is 4.79 Å². The van der Waals surface area contributed by atoms with Gasteiger partial charge in [0.05, 0.1) is 5.41 Å². The second-order valence-electron chi connectivity index (χ2n) is 6.00. The number of rotatable bonds is 6. The molecule has 19 heavy (non-hydrogen) atoms. The number of imide groups is 1. The zero-order valence-corrected chi connectivity index (χ0v) is 12.3. The number of hydrogen-bond donors (Lipinski definition) is 3. The number of aliphatic carboxylic acids is 1. The van der Waals surface area contributed by atoms with Crippen LogP contribution in [0.1, 0.15) is 53.9 Å². The molecule has 0 fully saturated rings. The van der Waals surface area contributed by atoms with Crippen LogP contribution in [0.3, 0.4) is 0 Å². The van der Waals surface area contributed by atoms with E-state index in [4.69, 9.17) is 5.11 Å². The summed E-state index contributed by atoms with van der Waals surface area (Å²) in [7, 11) is 0. The van der Waals surface area contributed by atoms with E-state index in [-0.39, 0.29) is 6.42 Å². The maximum atomic E-state index is 11.6. The predicted octanol–water partition coefficient (Wildman–Crippen LogP) is 1.89. The minimum Gasteiger partial charge on any atom is -0.481 e. The Morgan fingerprint density at radius 3 is 2.05 bits per heavy atom. The van der Waals surface area contributed by atoms with Crippen LogP contribution in [0.25, 0.3) is 0 Å². The minimum absolute atomic E-state index is 0.246. The normalized spacial score (nSPS) is 11.8. The molecule has 0 saturated carbocycles. The molecule has 3 N–H and O–H groups in total. The molecule has 0 aromatic rings. The summed E-state index contributed by atoms with van der Waals surface area (Å²) in [6.45, 7) is 8.60. The molecule has 3 amide bonds. The van der Waals surface area contributed by atoms with E-state index >= 15 is 0 Å². The van der Waals surface area contributed by atoms with Crippen molar-refractivity contribution in [1.29, 1.82) is 0 Å². The van der Waals surface area contributed by atoms with Crippen molar-refractivity contribution in [1.82, 2.24) is 10.6 Å². The van der Waals surface area contributed by atoms with Crippen molar-refractivity contribution in [2.24, 2.45) is 5.41 Å². The van der Waals surface area contributed by atoms with Crippen molar-refractivity contribution < 1.29 is 19.5 Å². The summed E-state index contributed by atoms with van der Waals surface area (Å²) in [5.74, 6) is -1.67. The number of amides is 3. The molecule has 0 aromatic carbocycles. The summed E-state index contributed by atoms with van der Waals surface area (Å²) in [5.41, 5.74) is -1.59. The topological polar surface area (TPSA) is 95.5 Å². The fourth-order valence-corrected chi connectivity index (χ4v) is 1.67. The predicted molar refractivity (Wildman–Crippen MR) is 71.7 cm³/mol. The standard InChI is InChI=1S/C13H24N2O4/c1-6-7-13(4,5)15-11(19)14-9(16)8-12(2,3)10(17)18/h6-8H2,1-5H3,(H,17,18)(H2,14,15,16,19). The van der Waals surface area contributed by atoms with Gasteiger partial charge in [0.25, 0.3) is 0 Å². The summed E-state index contributed by atoms with van der Waals surface area (Å²) in [5, 5.41) is 13.7. The van der Waals surface area contributed by atoms with Crippen LogP contribution >= 0.6 is 0 Å². The molecule has 0 aromatic heterocycles. The van der Waals surface area contributed by atoms with Gasteiger partial charge in [-0.05, 0) is 34.1 Å². The molecule has 0 spiro atoms. The van der Waals surface area contributed by atoms with Crippen LogP contribution in [0.2, 0.25) is 0 Å². The first-order valence-electron chi connectivity index (χ1n) is 6.35. The number of carboxylic acids is 1. The van der Waals surface area contributed by atoms with Crippen molar-refractivity contribution >= 4 is 17.9 Å². The fourth-order valence-electron chi connectivity index (χ4n) is 1.67. The molecule has 0 radical (unpaired) electrons. The maximum Gasteiger partial charge on any atom is 0.321 e. The van der Waals surface area contributed by atoms with Gasteiger partial charge >= 0.3 is 12.0 Å². The highest BCUT2D eigenvalue weighted by Gasteiger charge is 2.31. The number of nitrogens with one attached hydrogen (secondary N) is 2. The van der Waals surface area contributed by atoms with Gasteiger partial charge in [-0.2, -0.15) is 0 Å². The number of carbonyl (C=O) groups excluding carboxylic acids is 2. The van der Waals surface area contributed by atoms with Gasteiger partial charge in [0, 0.05) is 12.0 Å². The lowest BCUT2D eigenvalue weighted by atomic mass is 9.89. The Morgan fingerprint density at radius 2 is 1.63 bits per heavy atom. The summed E-state index contributed by atoms with van der Waals surface area (Å²) < 4.78 is 0. The van der Waals surface area contributed by atoms with Crippen LogP contribution < -0.4 is 10.6 Å².